The molecule has 1 aromatic carbocycles. The molecule has 1 aliphatic heterocycles. The maximum absolute atomic E-state index is 4.93. The van der Waals surface area contributed by atoms with Crippen LogP contribution in [0.5, 0.6) is 0 Å². The molecule has 2 aromatic rings. The van der Waals surface area contributed by atoms with E-state index in [1.165, 1.54) is 29.7 Å². The monoisotopic (exact) mass is 331 g/mol. The first-order chi connectivity index (χ1) is 9.61. The first-order valence-corrected chi connectivity index (χ1v) is 8.23. The van der Waals surface area contributed by atoms with Crippen molar-refractivity contribution in [1.82, 2.24) is 9.97 Å². The van der Waals surface area contributed by atoms with Crippen molar-refractivity contribution in [2.45, 2.75) is 49.9 Å². The smallest absolute Gasteiger partial charge is 0.149 e. The van der Waals surface area contributed by atoms with Gasteiger partial charge in [0.1, 0.15) is 5.82 Å². The standard InChI is InChI=1S/C16H18BrN3/c1-8-5-13-14(6-9(8)2)20-16-15(18-13)11-7-10(17)3-4-12(11)19-16/h5-6,10-12H,3-4,7H2,1-2H3,(H,19,20)/t10-,11-,12+/m1/s1. The summed E-state index contributed by atoms with van der Waals surface area (Å²) in [6, 6.07) is 4.84. The van der Waals surface area contributed by atoms with Gasteiger partial charge in [0.05, 0.1) is 16.7 Å². The van der Waals surface area contributed by atoms with Gasteiger partial charge in [-0.15, -0.1) is 0 Å². The summed E-state index contributed by atoms with van der Waals surface area (Å²) in [5.41, 5.74) is 5.79. The van der Waals surface area contributed by atoms with Gasteiger partial charge in [0, 0.05) is 16.8 Å². The zero-order chi connectivity index (χ0) is 13.9. The van der Waals surface area contributed by atoms with Gasteiger partial charge in [0.15, 0.2) is 0 Å². The molecule has 2 aliphatic rings. The number of hydrogen-bond donors (Lipinski definition) is 1. The van der Waals surface area contributed by atoms with Crippen molar-refractivity contribution in [1.29, 1.82) is 0 Å². The Bertz CT molecular complexity index is 698. The summed E-state index contributed by atoms with van der Waals surface area (Å²) in [5, 5.41) is 3.59. The lowest BCUT2D eigenvalue weighted by Gasteiger charge is -2.28. The fourth-order valence-corrected chi connectivity index (χ4v) is 4.13. The summed E-state index contributed by atoms with van der Waals surface area (Å²) < 4.78 is 0. The Kier molecular flexibility index (Phi) is 2.78. The van der Waals surface area contributed by atoms with Crippen molar-refractivity contribution in [2.24, 2.45) is 0 Å². The highest BCUT2D eigenvalue weighted by Gasteiger charge is 2.39. The largest absolute Gasteiger partial charge is 0.365 e. The molecular weight excluding hydrogens is 314 g/mol. The van der Waals surface area contributed by atoms with Crippen LogP contribution >= 0.6 is 15.9 Å². The van der Waals surface area contributed by atoms with E-state index in [0.717, 1.165) is 23.3 Å². The summed E-state index contributed by atoms with van der Waals surface area (Å²) in [7, 11) is 0. The molecule has 1 N–H and O–H groups in total. The van der Waals surface area contributed by atoms with E-state index in [-0.39, 0.29) is 0 Å². The molecule has 1 aliphatic carbocycles. The third-order valence-corrected chi connectivity index (χ3v) is 5.60. The predicted molar refractivity (Wildman–Crippen MR) is 85.7 cm³/mol. The van der Waals surface area contributed by atoms with Crippen LogP contribution in [0.1, 0.15) is 42.0 Å². The van der Waals surface area contributed by atoms with Crippen LogP contribution in [0, 0.1) is 13.8 Å². The van der Waals surface area contributed by atoms with E-state index < -0.39 is 0 Å². The maximum atomic E-state index is 4.93. The Morgan fingerprint density at radius 2 is 1.80 bits per heavy atom. The number of rotatable bonds is 0. The molecule has 104 valence electrons. The van der Waals surface area contributed by atoms with Crippen molar-refractivity contribution in [2.75, 3.05) is 5.32 Å². The Hall–Kier alpha value is -1.16. The van der Waals surface area contributed by atoms with Gasteiger partial charge in [-0.1, -0.05) is 15.9 Å². The lowest BCUT2D eigenvalue weighted by Crippen LogP contribution is -2.28. The molecule has 0 bridgehead atoms. The molecule has 0 amide bonds. The number of aryl methyl sites for hydroxylation is 2. The molecule has 4 heteroatoms. The molecule has 1 saturated carbocycles. The summed E-state index contributed by atoms with van der Waals surface area (Å²) in [4.78, 5) is 10.4. The van der Waals surface area contributed by atoms with Crippen LogP contribution in [0.15, 0.2) is 12.1 Å². The number of alkyl halides is 1. The summed E-state index contributed by atoms with van der Waals surface area (Å²) in [6.45, 7) is 4.27. The minimum atomic E-state index is 0.515. The Balaban J connectivity index is 1.86. The Morgan fingerprint density at radius 1 is 1.10 bits per heavy atom. The Labute approximate surface area is 127 Å². The van der Waals surface area contributed by atoms with Gasteiger partial charge < -0.3 is 5.32 Å². The van der Waals surface area contributed by atoms with Crippen molar-refractivity contribution in [3.8, 4) is 0 Å². The fraction of sp³-hybridized carbons (Fsp3) is 0.500. The third kappa shape index (κ3) is 1.85. The number of benzene rings is 1. The molecule has 0 radical (unpaired) electrons. The summed E-state index contributed by atoms with van der Waals surface area (Å²) in [5.74, 6) is 1.53. The van der Waals surface area contributed by atoms with Crippen molar-refractivity contribution < 1.29 is 0 Å². The molecule has 3 atom stereocenters. The summed E-state index contributed by atoms with van der Waals surface area (Å²) >= 11 is 3.77. The molecule has 0 unspecified atom stereocenters. The first-order valence-electron chi connectivity index (χ1n) is 7.31. The highest BCUT2D eigenvalue weighted by atomic mass is 79.9. The van der Waals surface area contributed by atoms with Gasteiger partial charge in [0.2, 0.25) is 0 Å². The van der Waals surface area contributed by atoms with Crippen LogP contribution in [-0.2, 0) is 0 Å². The molecule has 1 fully saturated rings. The van der Waals surface area contributed by atoms with Crippen LogP contribution in [-0.4, -0.2) is 20.8 Å². The number of aromatic nitrogens is 2. The number of hydrogen-bond acceptors (Lipinski definition) is 3. The van der Waals surface area contributed by atoms with E-state index in [1.807, 2.05) is 0 Å². The van der Waals surface area contributed by atoms with E-state index in [9.17, 15) is 0 Å². The Morgan fingerprint density at radius 3 is 2.55 bits per heavy atom. The predicted octanol–water partition coefficient (Wildman–Crippen LogP) is 4.07. The molecule has 20 heavy (non-hydrogen) atoms. The topological polar surface area (TPSA) is 37.8 Å². The van der Waals surface area contributed by atoms with E-state index in [0.29, 0.717) is 16.8 Å². The van der Waals surface area contributed by atoms with Gasteiger partial charge in [0.25, 0.3) is 0 Å². The minimum absolute atomic E-state index is 0.515. The number of halogens is 1. The average molecular weight is 332 g/mol. The van der Waals surface area contributed by atoms with Gasteiger partial charge in [-0.05, 0) is 56.4 Å². The minimum Gasteiger partial charge on any atom is -0.365 e. The van der Waals surface area contributed by atoms with Crippen molar-refractivity contribution in [3.05, 3.63) is 29.0 Å². The second-order valence-electron chi connectivity index (χ2n) is 6.15. The van der Waals surface area contributed by atoms with Gasteiger partial charge in [-0.25, -0.2) is 9.97 Å². The van der Waals surface area contributed by atoms with Crippen molar-refractivity contribution >= 4 is 32.8 Å². The van der Waals surface area contributed by atoms with Gasteiger partial charge in [-0.2, -0.15) is 0 Å². The third-order valence-electron chi connectivity index (χ3n) is 4.77. The second kappa shape index (κ2) is 4.42. The number of nitrogens with zero attached hydrogens (tertiary/aromatic N) is 2. The molecule has 2 heterocycles. The lowest BCUT2D eigenvalue weighted by atomic mass is 9.85. The zero-order valence-corrected chi connectivity index (χ0v) is 13.4. The molecular formula is C16H18BrN3. The normalized spacial score (nSPS) is 28.1. The van der Waals surface area contributed by atoms with E-state index in [2.05, 4.69) is 47.2 Å². The quantitative estimate of drug-likeness (QED) is 0.739. The second-order valence-corrected chi connectivity index (χ2v) is 7.45. The van der Waals surface area contributed by atoms with Crippen LogP contribution in [0.2, 0.25) is 0 Å². The highest BCUT2D eigenvalue weighted by molar-refractivity contribution is 9.09. The van der Waals surface area contributed by atoms with Crippen LogP contribution in [0.3, 0.4) is 0 Å². The first kappa shape index (κ1) is 12.6. The number of nitrogens with one attached hydrogen (secondary N) is 1. The van der Waals surface area contributed by atoms with Crippen molar-refractivity contribution in [3.63, 3.8) is 0 Å². The SMILES string of the molecule is Cc1cc2nc3c(nc2cc1C)[C@@H]1C[C@H](Br)CC[C@@H]1N3. The van der Waals surface area contributed by atoms with Gasteiger partial charge >= 0.3 is 0 Å². The average Bonchev–Trinajstić information content (AvgIpc) is 2.75. The number of anilines is 1. The summed E-state index contributed by atoms with van der Waals surface area (Å²) in [6.07, 6.45) is 3.60. The van der Waals surface area contributed by atoms with E-state index >= 15 is 0 Å². The zero-order valence-electron chi connectivity index (χ0n) is 11.8. The van der Waals surface area contributed by atoms with Crippen LogP contribution < -0.4 is 5.32 Å². The highest BCUT2D eigenvalue weighted by Crippen LogP contribution is 2.44. The molecule has 0 spiro atoms. The van der Waals surface area contributed by atoms with E-state index in [1.54, 1.807) is 0 Å². The molecule has 0 saturated heterocycles. The lowest BCUT2D eigenvalue weighted by molar-refractivity contribution is 0.430. The maximum Gasteiger partial charge on any atom is 0.149 e. The number of fused-ring (bicyclic) bond motifs is 4. The molecule has 4 rings (SSSR count). The van der Waals surface area contributed by atoms with E-state index in [4.69, 9.17) is 9.97 Å². The molecule has 3 nitrogen and oxygen atoms in total. The van der Waals surface area contributed by atoms with Gasteiger partial charge in [-0.3, -0.25) is 0 Å². The molecule has 1 aromatic heterocycles. The fourth-order valence-electron chi connectivity index (χ4n) is 3.46. The van der Waals surface area contributed by atoms with Crippen LogP contribution in [0.25, 0.3) is 11.0 Å². The van der Waals surface area contributed by atoms with Crippen LogP contribution in [0.4, 0.5) is 5.82 Å².